The van der Waals surface area contributed by atoms with Crippen LogP contribution < -0.4 is 22.5 Å². The first-order valence-electron chi connectivity index (χ1n) is 13.3. The number of benzene rings is 2. The smallest absolute Gasteiger partial charge is 0.264 e. The Morgan fingerprint density at radius 3 is 2.44 bits per heavy atom. The second kappa shape index (κ2) is 12.3. The van der Waals surface area contributed by atoms with E-state index in [1.807, 2.05) is 42.5 Å². The second-order valence-corrected chi connectivity index (χ2v) is 9.96. The Labute approximate surface area is 238 Å². The molecule has 0 atom stereocenters. The molecule has 10 heteroatoms. The number of nitrogens with one attached hydrogen (secondary N) is 1. The monoisotopic (exact) mass is 545 g/mol. The summed E-state index contributed by atoms with van der Waals surface area (Å²) in [5, 5.41) is 12.5. The van der Waals surface area contributed by atoms with Gasteiger partial charge < -0.3 is 22.5 Å². The minimum Gasteiger partial charge on any atom is -0.397 e. The molecule has 0 radical (unpaired) electrons. The Morgan fingerprint density at radius 1 is 1.02 bits per heavy atom. The second-order valence-electron chi connectivity index (χ2n) is 9.96. The molecule has 1 amide bonds. The molecule has 10 nitrogen and oxygen atoms in total. The molecule has 0 saturated carbocycles. The number of piperidine rings is 1. The number of aromatic nitrogens is 3. The molecule has 0 aliphatic carbocycles. The first-order valence-corrected chi connectivity index (χ1v) is 13.3. The molecule has 7 N–H and O–H groups in total. The minimum absolute atomic E-state index is 0.110. The summed E-state index contributed by atoms with van der Waals surface area (Å²) in [5.41, 5.74) is 22.8. The van der Waals surface area contributed by atoms with E-state index in [9.17, 15) is 4.79 Å². The number of likely N-dealkylation sites (tertiary alicyclic amines) is 1. The van der Waals surface area contributed by atoms with Crippen LogP contribution in [0.5, 0.6) is 0 Å². The maximum absolute atomic E-state index is 11.5. The number of nitriles is 1. The van der Waals surface area contributed by atoms with Gasteiger partial charge in [0.05, 0.1) is 22.8 Å². The predicted octanol–water partition coefficient (Wildman–Crippen LogP) is 3.52. The normalized spacial score (nSPS) is 14.4. The van der Waals surface area contributed by atoms with Crippen molar-refractivity contribution in [3.63, 3.8) is 0 Å². The van der Waals surface area contributed by atoms with Crippen molar-refractivity contribution in [1.29, 1.82) is 5.26 Å². The van der Waals surface area contributed by atoms with Crippen LogP contribution in [0.2, 0.25) is 0 Å². The summed E-state index contributed by atoms with van der Waals surface area (Å²) < 4.78 is 0. The van der Waals surface area contributed by atoms with Crippen LogP contribution in [0.3, 0.4) is 0 Å². The van der Waals surface area contributed by atoms with E-state index in [1.54, 1.807) is 12.3 Å². The van der Waals surface area contributed by atoms with Gasteiger partial charge in [0.1, 0.15) is 11.9 Å². The maximum atomic E-state index is 11.5. The predicted molar refractivity (Wildman–Crippen MR) is 160 cm³/mol. The van der Waals surface area contributed by atoms with E-state index in [-0.39, 0.29) is 11.5 Å². The molecular weight excluding hydrogens is 514 g/mol. The number of nitrogens with zero attached hydrogens (tertiary/aromatic N) is 5. The third-order valence-electron chi connectivity index (χ3n) is 7.07. The highest BCUT2D eigenvalue weighted by Crippen LogP contribution is 2.34. The van der Waals surface area contributed by atoms with E-state index in [2.05, 4.69) is 44.5 Å². The summed E-state index contributed by atoms with van der Waals surface area (Å²) in [4.78, 5) is 26.9. The molecule has 0 bridgehead atoms. The van der Waals surface area contributed by atoms with Gasteiger partial charge in [0, 0.05) is 43.0 Å². The first kappa shape index (κ1) is 27.3. The lowest BCUT2D eigenvalue weighted by Gasteiger charge is -2.32. The van der Waals surface area contributed by atoms with Crippen LogP contribution >= 0.6 is 0 Å². The van der Waals surface area contributed by atoms with E-state index in [0.29, 0.717) is 23.2 Å². The average molecular weight is 546 g/mol. The molecule has 1 fully saturated rings. The van der Waals surface area contributed by atoms with Crippen molar-refractivity contribution in [2.24, 2.45) is 11.5 Å². The Bertz CT molecular complexity index is 1600. The Morgan fingerprint density at radius 2 is 1.76 bits per heavy atom. The van der Waals surface area contributed by atoms with E-state index >= 15 is 0 Å². The molecule has 41 heavy (non-hydrogen) atoms. The largest absolute Gasteiger partial charge is 0.397 e. The van der Waals surface area contributed by atoms with Gasteiger partial charge in [0.15, 0.2) is 0 Å². The van der Waals surface area contributed by atoms with Gasteiger partial charge in [-0.05, 0) is 42.2 Å². The number of carbonyl (C=O) groups excluding carboxylic acids is 1. The third-order valence-corrected chi connectivity index (χ3v) is 7.07. The van der Waals surface area contributed by atoms with Crippen LogP contribution in [0.1, 0.15) is 29.9 Å². The highest BCUT2D eigenvalue weighted by Gasteiger charge is 2.20. The van der Waals surface area contributed by atoms with Crippen LogP contribution in [-0.4, -0.2) is 44.9 Å². The van der Waals surface area contributed by atoms with Gasteiger partial charge in [0.2, 0.25) is 5.82 Å². The Kier molecular flexibility index (Phi) is 8.18. The number of hydrogen-bond acceptors (Lipinski definition) is 9. The SMILES string of the molecule is N#Cc1nccc(NC2CCN(Cc3ccc(-c4nc(/C=C(\N)C(N)=O)c(N)cc4-c4ccccc4)cc3)CC2)n1. The number of primary amides is 1. The first-order chi connectivity index (χ1) is 19.9. The molecule has 0 spiro atoms. The lowest BCUT2D eigenvalue weighted by molar-refractivity contribution is -0.114. The van der Waals surface area contributed by atoms with Crippen LogP contribution in [0.4, 0.5) is 11.5 Å². The van der Waals surface area contributed by atoms with E-state index in [0.717, 1.165) is 54.9 Å². The molecule has 0 unspecified atom stereocenters. The Balaban J connectivity index is 1.31. The fourth-order valence-corrected chi connectivity index (χ4v) is 4.90. The van der Waals surface area contributed by atoms with Gasteiger partial charge in [-0.3, -0.25) is 9.69 Å². The molecule has 4 aromatic rings. The van der Waals surface area contributed by atoms with Gasteiger partial charge in [-0.1, -0.05) is 54.6 Å². The lowest BCUT2D eigenvalue weighted by Crippen LogP contribution is -2.38. The van der Waals surface area contributed by atoms with Crippen molar-refractivity contribution in [2.75, 3.05) is 24.1 Å². The quantitative estimate of drug-likeness (QED) is 0.242. The zero-order chi connectivity index (χ0) is 28.8. The van der Waals surface area contributed by atoms with Crippen molar-refractivity contribution in [1.82, 2.24) is 19.9 Å². The van der Waals surface area contributed by atoms with Crippen LogP contribution in [0.15, 0.2) is 78.6 Å². The van der Waals surface area contributed by atoms with Crippen LogP contribution in [-0.2, 0) is 11.3 Å². The Hall–Kier alpha value is -5.27. The molecule has 1 saturated heterocycles. The summed E-state index contributed by atoms with van der Waals surface area (Å²) in [6, 6.07) is 24.2. The highest BCUT2D eigenvalue weighted by molar-refractivity contribution is 5.96. The van der Waals surface area contributed by atoms with Gasteiger partial charge >= 0.3 is 0 Å². The molecule has 3 heterocycles. The molecule has 1 aliphatic heterocycles. The zero-order valence-electron chi connectivity index (χ0n) is 22.5. The standard InChI is InChI=1S/C31H31N9O/c32-18-29-36-13-10-28(39-29)37-23-11-14-40(15-12-23)19-20-6-8-22(9-7-20)30-24(21-4-2-1-3-5-21)16-25(33)27(38-30)17-26(34)31(35)41/h1-10,13,16-17,23H,11-12,14-15,19,33-34H2,(H2,35,41)(H,36,37,39)/b26-17-. The van der Waals surface area contributed by atoms with Crippen molar-refractivity contribution in [2.45, 2.75) is 25.4 Å². The number of nitrogen functional groups attached to an aromatic ring is 1. The fraction of sp³-hybridized carbons (Fsp3) is 0.194. The van der Waals surface area contributed by atoms with Gasteiger partial charge in [-0.25, -0.2) is 15.0 Å². The van der Waals surface area contributed by atoms with Crippen molar-refractivity contribution in [3.05, 3.63) is 95.7 Å². The number of hydrogen-bond donors (Lipinski definition) is 4. The molecule has 5 rings (SSSR count). The van der Waals surface area contributed by atoms with Crippen LogP contribution in [0.25, 0.3) is 28.5 Å². The number of pyridine rings is 1. The topological polar surface area (TPSA) is 173 Å². The lowest BCUT2D eigenvalue weighted by atomic mass is 9.97. The van der Waals surface area contributed by atoms with E-state index in [1.165, 1.54) is 11.6 Å². The number of carbonyl (C=O) groups is 1. The van der Waals surface area contributed by atoms with Crippen molar-refractivity contribution < 1.29 is 4.79 Å². The maximum Gasteiger partial charge on any atom is 0.264 e. The number of amides is 1. The summed E-state index contributed by atoms with van der Waals surface area (Å²) in [6.45, 7) is 2.73. The molecule has 206 valence electrons. The number of rotatable bonds is 8. The summed E-state index contributed by atoms with van der Waals surface area (Å²) in [5.74, 6) is 0.127. The van der Waals surface area contributed by atoms with Gasteiger partial charge in [-0.2, -0.15) is 5.26 Å². The van der Waals surface area contributed by atoms with Gasteiger partial charge in [-0.15, -0.1) is 0 Å². The molecule has 1 aliphatic rings. The summed E-state index contributed by atoms with van der Waals surface area (Å²) >= 11 is 0. The van der Waals surface area contributed by atoms with E-state index in [4.69, 9.17) is 27.4 Å². The van der Waals surface area contributed by atoms with Crippen molar-refractivity contribution >= 4 is 23.5 Å². The summed E-state index contributed by atoms with van der Waals surface area (Å²) in [6.07, 6.45) is 4.97. The van der Waals surface area contributed by atoms with Crippen molar-refractivity contribution in [3.8, 4) is 28.5 Å². The third kappa shape index (κ3) is 6.66. The van der Waals surface area contributed by atoms with Crippen LogP contribution in [0, 0.1) is 11.3 Å². The molecule has 2 aromatic heterocycles. The number of nitrogens with two attached hydrogens (primary N) is 3. The molecule has 2 aromatic carbocycles. The number of anilines is 2. The van der Waals surface area contributed by atoms with E-state index < -0.39 is 5.91 Å². The fourth-order valence-electron chi connectivity index (χ4n) is 4.90. The summed E-state index contributed by atoms with van der Waals surface area (Å²) in [7, 11) is 0. The zero-order valence-corrected chi connectivity index (χ0v) is 22.5. The minimum atomic E-state index is -0.730. The average Bonchev–Trinajstić information content (AvgIpc) is 3.00. The molecular formula is C31H31N9O. The highest BCUT2D eigenvalue weighted by atomic mass is 16.1. The van der Waals surface area contributed by atoms with Gasteiger partial charge in [0.25, 0.3) is 5.91 Å².